The fourth-order valence-corrected chi connectivity index (χ4v) is 2.06. The first-order chi connectivity index (χ1) is 10.0. The predicted octanol–water partition coefficient (Wildman–Crippen LogP) is 1.11. The van der Waals surface area contributed by atoms with Crippen molar-refractivity contribution in [3.63, 3.8) is 0 Å². The number of imidazole rings is 1. The van der Waals surface area contributed by atoms with Crippen LogP contribution < -0.4 is 16.6 Å². The molecule has 106 valence electrons. The number of hydrogen-bond acceptors (Lipinski definition) is 3. The molecule has 0 fully saturated rings. The lowest BCUT2D eigenvalue weighted by Gasteiger charge is -2.05. The smallest absolute Gasteiger partial charge is 0.323 e. The fraction of sp³-hybridized carbons (Fsp3) is 0.0714. The van der Waals surface area contributed by atoms with Crippen molar-refractivity contribution in [1.82, 2.24) is 15.0 Å². The standard InChI is InChI=1S/C14H12N4O3/c1-7-2-4-9(12(19)15-7)13(20)16-8-3-5-10-11(6-8)18-14(21)17-10/h2-6H,1H3,(H,15,19)(H,16,20)(H2,17,18,21). The van der Waals surface area contributed by atoms with E-state index in [9.17, 15) is 14.4 Å². The first-order valence-corrected chi connectivity index (χ1v) is 6.26. The van der Waals surface area contributed by atoms with Crippen molar-refractivity contribution in [2.45, 2.75) is 6.92 Å². The van der Waals surface area contributed by atoms with E-state index in [1.165, 1.54) is 6.07 Å². The number of nitrogens with one attached hydrogen (secondary N) is 4. The molecular weight excluding hydrogens is 272 g/mol. The molecule has 0 unspecified atom stereocenters. The van der Waals surface area contributed by atoms with Crippen LogP contribution >= 0.6 is 0 Å². The summed E-state index contributed by atoms with van der Waals surface area (Å²) in [6.07, 6.45) is 0. The maximum Gasteiger partial charge on any atom is 0.323 e. The number of benzene rings is 1. The summed E-state index contributed by atoms with van der Waals surface area (Å²) >= 11 is 0. The SMILES string of the molecule is Cc1ccc(C(=O)Nc2ccc3[nH]c(=O)[nH]c3c2)c(=O)[nH]1. The van der Waals surface area contributed by atoms with Gasteiger partial charge in [-0.1, -0.05) is 0 Å². The highest BCUT2D eigenvalue weighted by atomic mass is 16.2. The molecule has 0 saturated carbocycles. The van der Waals surface area contributed by atoms with Gasteiger partial charge in [-0.2, -0.15) is 0 Å². The summed E-state index contributed by atoms with van der Waals surface area (Å²) in [4.78, 5) is 42.7. The number of carbonyl (C=O) groups excluding carboxylic acids is 1. The van der Waals surface area contributed by atoms with Gasteiger partial charge < -0.3 is 20.3 Å². The molecule has 2 aromatic heterocycles. The Morgan fingerprint density at radius 3 is 2.52 bits per heavy atom. The van der Waals surface area contributed by atoms with Crippen molar-refractivity contribution in [2.24, 2.45) is 0 Å². The normalized spacial score (nSPS) is 10.7. The molecule has 7 heteroatoms. The average molecular weight is 284 g/mol. The minimum atomic E-state index is -0.506. The lowest BCUT2D eigenvalue weighted by molar-refractivity contribution is 0.102. The monoisotopic (exact) mass is 284 g/mol. The van der Waals surface area contributed by atoms with E-state index >= 15 is 0 Å². The van der Waals surface area contributed by atoms with Gasteiger partial charge in [0.2, 0.25) is 0 Å². The Morgan fingerprint density at radius 2 is 1.76 bits per heavy atom. The average Bonchev–Trinajstić information content (AvgIpc) is 2.77. The molecule has 2 heterocycles. The molecule has 7 nitrogen and oxygen atoms in total. The van der Waals surface area contributed by atoms with Crippen LogP contribution in [0.5, 0.6) is 0 Å². The molecule has 0 saturated heterocycles. The second-order valence-corrected chi connectivity index (χ2v) is 4.68. The molecule has 1 aromatic carbocycles. The zero-order chi connectivity index (χ0) is 15.0. The molecule has 0 spiro atoms. The zero-order valence-electron chi connectivity index (χ0n) is 11.1. The number of fused-ring (bicyclic) bond motifs is 1. The molecule has 0 aliphatic carbocycles. The highest BCUT2D eigenvalue weighted by molar-refractivity contribution is 6.04. The third-order valence-electron chi connectivity index (χ3n) is 3.07. The van der Waals surface area contributed by atoms with Crippen molar-refractivity contribution in [3.8, 4) is 0 Å². The summed E-state index contributed by atoms with van der Waals surface area (Å²) < 4.78 is 0. The minimum absolute atomic E-state index is 0.0308. The number of rotatable bonds is 2. The van der Waals surface area contributed by atoms with E-state index in [0.29, 0.717) is 22.4 Å². The van der Waals surface area contributed by atoms with Gasteiger partial charge in [-0.05, 0) is 37.3 Å². The van der Waals surface area contributed by atoms with Crippen LogP contribution in [-0.2, 0) is 0 Å². The Hall–Kier alpha value is -3.09. The van der Waals surface area contributed by atoms with Gasteiger partial charge in [-0.25, -0.2) is 4.79 Å². The van der Waals surface area contributed by atoms with Crippen molar-refractivity contribution >= 4 is 22.6 Å². The molecule has 0 atom stereocenters. The van der Waals surface area contributed by atoms with Crippen LogP contribution in [0, 0.1) is 6.92 Å². The lowest BCUT2D eigenvalue weighted by atomic mass is 10.2. The summed E-state index contributed by atoms with van der Waals surface area (Å²) in [7, 11) is 0. The van der Waals surface area contributed by atoms with E-state index in [4.69, 9.17) is 0 Å². The Bertz CT molecular complexity index is 948. The van der Waals surface area contributed by atoms with Crippen molar-refractivity contribution in [3.05, 3.63) is 62.4 Å². The number of aryl methyl sites for hydroxylation is 1. The van der Waals surface area contributed by atoms with Gasteiger partial charge in [-0.3, -0.25) is 9.59 Å². The first-order valence-electron chi connectivity index (χ1n) is 6.26. The Morgan fingerprint density at radius 1 is 1.00 bits per heavy atom. The van der Waals surface area contributed by atoms with Crippen LogP contribution in [0.25, 0.3) is 11.0 Å². The molecule has 1 amide bonds. The summed E-state index contributed by atoms with van der Waals surface area (Å²) in [6.45, 7) is 1.74. The van der Waals surface area contributed by atoms with Gasteiger partial charge >= 0.3 is 5.69 Å². The van der Waals surface area contributed by atoms with Gasteiger partial charge in [-0.15, -0.1) is 0 Å². The van der Waals surface area contributed by atoms with E-state index in [2.05, 4.69) is 20.3 Å². The Kier molecular flexibility index (Phi) is 2.94. The molecule has 0 aliphatic rings. The largest absolute Gasteiger partial charge is 0.326 e. The van der Waals surface area contributed by atoms with Gasteiger partial charge in [0.15, 0.2) is 0 Å². The summed E-state index contributed by atoms with van der Waals surface area (Å²) in [5.74, 6) is -0.506. The Balaban J connectivity index is 1.92. The summed E-state index contributed by atoms with van der Waals surface area (Å²) in [6, 6.07) is 8.06. The highest BCUT2D eigenvalue weighted by Gasteiger charge is 2.11. The molecule has 0 radical (unpaired) electrons. The van der Waals surface area contributed by atoms with Crippen LogP contribution in [0.1, 0.15) is 16.1 Å². The Labute approximate surface area is 118 Å². The molecular formula is C14H12N4O3. The number of carbonyl (C=O) groups is 1. The van der Waals surface area contributed by atoms with Crippen molar-refractivity contribution < 1.29 is 4.79 Å². The van der Waals surface area contributed by atoms with E-state index in [1.807, 2.05) is 0 Å². The maximum atomic E-state index is 12.1. The zero-order valence-corrected chi connectivity index (χ0v) is 11.1. The number of aromatic nitrogens is 3. The number of aromatic amines is 3. The van der Waals surface area contributed by atoms with E-state index < -0.39 is 11.5 Å². The minimum Gasteiger partial charge on any atom is -0.326 e. The maximum absolute atomic E-state index is 12.1. The number of hydrogen-bond donors (Lipinski definition) is 4. The number of anilines is 1. The van der Waals surface area contributed by atoms with Crippen molar-refractivity contribution in [2.75, 3.05) is 5.32 Å². The number of amides is 1. The second-order valence-electron chi connectivity index (χ2n) is 4.68. The fourth-order valence-electron chi connectivity index (χ4n) is 2.06. The summed E-state index contributed by atoms with van der Waals surface area (Å²) in [5.41, 5.74) is 1.67. The molecule has 21 heavy (non-hydrogen) atoms. The summed E-state index contributed by atoms with van der Waals surface area (Å²) in [5, 5.41) is 2.63. The van der Waals surface area contributed by atoms with E-state index in [1.54, 1.807) is 31.2 Å². The quantitative estimate of drug-likeness (QED) is 0.565. The van der Waals surface area contributed by atoms with E-state index in [-0.39, 0.29) is 11.3 Å². The molecule has 3 rings (SSSR count). The first kappa shape index (κ1) is 12.9. The molecule has 0 bridgehead atoms. The van der Waals surface area contributed by atoms with Crippen LogP contribution in [-0.4, -0.2) is 20.9 Å². The number of H-pyrrole nitrogens is 3. The third kappa shape index (κ3) is 2.48. The van der Waals surface area contributed by atoms with Crippen molar-refractivity contribution in [1.29, 1.82) is 0 Å². The van der Waals surface area contributed by atoms with Crippen LogP contribution in [0.3, 0.4) is 0 Å². The van der Waals surface area contributed by atoms with Gasteiger partial charge in [0.05, 0.1) is 11.0 Å². The third-order valence-corrected chi connectivity index (χ3v) is 3.07. The predicted molar refractivity (Wildman–Crippen MR) is 78.7 cm³/mol. The molecule has 4 N–H and O–H groups in total. The van der Waals surface area contributed by atoms with E-state index in [0.717, 1.165) is 0 Å². The molecule has 0 aliphatic heterocycles. The van der Waals surface area contributed by atoms with Gasteiger partial charge in [0.1, 0.15) is 5.56 Å². The van der Waals surface area contributed by atoms with Crippen LogP contribution in [0.15, 0.2) is 39.9 Å². The number of pyridine rings is 1. The van der Waals surface area contributed by atoms with Crippen LogP contribution in [0.2, 0.25) is 0 Å². The highest BCUT2D eigenvalue weighted by Crippen LogP contribution is 2.15. The lowest BCUT2D eigenvalue weighted by Crippen LogP contribution is -2.23. The van der Waals surface area contributed by atoms with Crippen LogP contribution in [0.4, 0.5) is 5.69 Å². The van der Waals surface area contributed by atoms with Gasteiger partial charge in [0.25, 0.3) is 11.5 Å². The molecule has 3 aromatic rings. The topological polar surface area (TPSA) is 111 Å². The van der Waals surface area contributed by atoms with Gasteiger partial charge in [0, 0.05) is 11.4 Å². The second kappa shape index (κ2) is 4.78.